The molecular formula is C21H23N3O2S. The maximum Gasteiger partial charge on any atom is 0.262 e. The summed E-state index contributed by atoms with van der Waals surface area (Å²) in [6, 6.07) is 7.77. The minimum absolute atomic E-state index is 0.0286. The van der Waals surface area contributed by atoms with E-state index in [1.54, 1.807) is 11.3 Å². The number of hydrogen-bond donors (Lipinski definition) is 1. The second-order valence-electron chi connectivity index (χ2n) is 7.31. The zero-order valence-corrected chi connectivity index (χ0v) is 16.4. The number of thiophene rings is 1. The summed E-state index contributed by atoms with van der Waals surface area (Å²) in [5, 5.41) is 3.59. The average Bonchev–Trinajstić information content (AvgIpc) is 3.02. The first-order valence-electron chi connectivity index (χ1n) is 9.43. The molecule has 1 amide bonds. The maximum atomic E-state index is 13.0. The second-order valence-corrected chi connectivity index (χ2v) is 8.40. The SMILES string of the molecule is CCc1cccc(NC(=O)Cn2cnc3sc4c(c3c2=O)CC[C@H](C)C4)c1. The smallest absolute Gasteiger partial charge is 0.262 e. The van der Waals surface area contributed by atoms with Gasteiger partial charge in [-0.25, -0.2) is 4.98 Å². The summed E-state index contributed by atoms with van der Waals surface area (Å²) >= 11 is 1.63. The summed E-state index contributed by atoms with van der Waals surface area (Å²) < 4.78 is 1.42. The maximum absolute atomic E-state index is 13.0. The molecule has 2 aromatic heterocycles. The topological polar surface area (TPSA) is 64.0 Å². The van der Waals surface area contributed by atoms with Crippen LogP contribution in [0.5, 0.6) is 0 Å². The van der Waals surface area contributed by atoms with E-state index in [4.69, 9.17) is 0 Å². The molecule has 0 saturated heterocycles. The highest BCUT2D eigenvalue weighted by Crippen LogP contribution is 2.35. The lowest BCUT2D eigenvalue weighted by Gasteiger charge is -2.17. The molecule has 27 heavy (non-hydrogen) atoms. The summed E-state index contributed by atoms with van der Waals surface area (Å²) in [4.78, 5) is 32.0. The summed E-state index contributed by atoms with van der Waals surface area (Å²) in [5.41, 5.74) is 2.95. The van der Waals surface area contributed by atoms with Gasteiger partial charge in [-0.1, -0.05) is 26.0 Å². The van der Waals surface area contributed by atoms with Crippen molar-refractivity contribution in [3.8, 4) is 0 Å². The molecule has 0 radical (unpaired) electrons. The third kappa shape index (κ3) is 3.54. The fourth-order valence-corrected chi connectivity index (χ4v) is 5.04. The minimum Gasteiger partial charge on any atom is -0.325 e. The lowest BCUT2D eigenvalue weighted by molar-refractivity contribution is -0.116. The second kappa shape index (κ2) is 7.27. The highest BCUT2D eigenvalue weighted by Gasteiger charge is 2.23. The van der Waals surface area contributed by atoms with Gasteiger partial charge < -0.3 is 5.32 Å². The van der Waals surface area contributed by atoms with E-state index in [-0.39, 0.29) is 18.0 Å². The summed E-state index contributed by atoms with van der Waals surface area (Å²) in [5.74, 6) is 0.432. The van der Waals surface area contributed by atoms with Gasteiger partial charge in [0.15, 0.2) is 0 Å². The average molecular weight is 382 g/mol. The Balaban J connectivity index is 1.59. The van der Waals surface area contributed by atoms with E-state index < -0.39 is 0 Å². The lowest BCUT2D eigenvalue weighted by Crippen LogP contribution is -2.28. The third-order valence-electron chi connectivity index (χ3n) is 5.22. The molecule has 4 rings (SSSR count). The quantitative estimate of drug-likeness (QED) is 0.748. The molecule has 5 nitrogen and oxygen atoms in total. The first kappa shape index (κ1) is 17.9. The molecular weight excluding hydrogens is 358 g/mol. The van der Waals surface area contributed by atoms with E-state index in [9.17, 15) is 9.59 Å². The number of rotatable bonds is 4. The molecule has 1 aromatic carbocycles. The molecule has 0 bridgehead atoms. The van der Waals surface area contributed by atoms with Gasteiger partial charge in [0.1, 0.15) is 11.4 Å². The molecule has 1 aliphatic carbocycles. The monoisotopic (exact) mass is 381 g/mol. The van der Waals surface area contributed by atoms with E-state index in [0.717, 1.165) is 47.3 Å². The molecule has 1 atom stereocenters. The number of nitrogens with zero attached hydrogens (tertiary/aromatic N) is 2. The van der Waals surface area contributed by atoms with Crippen LogP contribution in [0.4, 0.5) is 5.69 Å². The van der Waals surface area contributed by atoms with Crippen molar-refractivity contribution in [1.82, 2.24) is 9.55 Å². The van der Waals surface area contributed by atoms with Crippen LogP contribution in [0, 0.1) is 5.92 Å². The Morgan fingerprint density at radius 2 is 2.26 bits per heavy atom. The number of aryl methyl sites for hydroxylation is 2. The molecule has 6 heteroatoms. The molecule has 1 aliphatic rings. The van der Waals surface area contributed by atoms with Crippen molar-refractivity contribution < 1.29 is 4.79 Å². The number of benzene rings is 1. The number of carbonyl (C=O) groups excluding carboxylic acids is 1. The standard InChI is InChI=1S/C21H23N3O2S/c1-3-14-5-4-6-15(10-14)23-18(25)11-24-12-22-20-19(21(24)26)16-8-7-13(2)9-17(16)27-20/h4-6,10,12-13H,3,7-9,11H2,1-2H3,(H,23,25)/t13-/m0/s1. The highest BCUT2D eigenvalue weighted by atomic mass is 32.1. The van der Waals surface area contributed by atoms with Crippen molar-refractivity contribution in [2.45, 2.75) is 46.1 Å². The van der Waals surface area contributed by atoms with Crippen LogP contribution in [0.1, 0.15) is 36.3 Å². The van der Waals surface area contributed by atoms with Gasteiger partial charge in [-0.15, -0.1) is 11.3 Å². The molecule has 0 fully saturated rings. The van der Waals surface area contributed by atoms with E-state index in [0.29, 0.717) is 11.3 Å². The van der Waals surface area contributed by atoms with E-state index in [1.807, 2.05) is 24.3 Å². The van der Waals surface area contributed by atoms with Crippen molar-refractivity contribution in [3.63, 3.8) is 0 Å². The van der Waals surface area contributed by atoms with Crippen LogP contribution < -0.4 is 10.9 Å². The minimum atomic E-state index is -0.218. The number of fused-ring (bicyclic) bond motifs is 3. The Bertz CT molecular complexity index is 1070. The fourth-order valence-electron chi connectivity index (χ4n) is 3.70. The molecule has 3 aromatic rings. The predicted molar refractivity (Wildman–Crippen MR) is 110 cm³/mol. The third-order valence-corrected chi connectivity index (χ3v) is 6.38. The molecule has 0 saturated carbocycles. The van der Waals surface area contributed by atoms with Crippen molar-refractivity contribution in [2.24, 2.45) is 5.92 Å². The number of aromatic nitrogens is 2. The van der Waals surface area contributed by atoms with Crippen molar-refractivity contribution >= 4 is 33.1 Å². The number of amides is 1. The van der Waals surface area contributed by atoms with Crippen LogP contribution in [0.25, 0.3) is 10.2 Å². The van der Waals surface area contributed by atoms with Crippen molar-refractivity contribution in [2.75, 3.05) is 5.32 Å². The summed E-state index contributed by atoms with van der Waals surface area (Å²) in [6.07, 6.45) is 5.45. The van der Waals surface area contributed by atoms with Gasteiger partial charge >= 0.3 is 0 Å². The van der Waals surface area contributed by atoms with Gasteiger partial charge in [0.25, 0.3) is 5.56 Å². The van der Waals surface area contributed by atoms with Crippen molar-refractivity contribution in [1.29, 1.82) is 0 Å². The zero-order chi connectivity index (χ0) is 19.0. The first-order valence-corrected chi connectivity index (χ1v) is 10.2. The highest BCUT2D eigenvalue weighted by molar-refractivity contribution is 7.18. The molecule has 2 heterocycles. The molecule has 0 spiro atoms. The molecule has 0 unspecified atom stereocenters. The van der Waals surface area contributed by atoms with Crippen LogP contribution in [-0.2, 0) is 30.6 Å². The Hall–Kier alpha value is -2.47. The molecule has 0 aliphatic heterocycles. The van der Waals surface area contributed by atoms with E-state index in [2.05, 4.69) is 24.1 Å². The van der Waals surface area contributed by atoms with Gasteiger partial charge in [-0.2, -0.15) is 0 Å². The van der Waals surface area contributed by atoms with Crippen molar-refractivity contribution in [3.05, 3.63) is 57.0 Å². The number of nitrogens with one attached hydrogen (secondary N) is 1. The van der Waals surface area contributed by atoms with E-state index >= 15 is 0 Å². The number of hydrogen-bond acceptors (Lipinski definition) is 4. The normalized spacial score (nSPS) is 16.3. The van der Waals surface area contributed by atoms with Crippen LogP contribution in [0.15, 0.2) is 35.4 Å². The Morgan fingerprint density at radius 3 is 3.07 bits per heavy atom. The predicted octanol–water partition coefficient (Wildman–Crippen LogP) is 3.78. The Morgan fingerprint density at radius 1 is 1.41 bits per heavy atom. The van der Waals surface area contributed by atoms with Crippen LogP contribution in [0.2, 0.25) is 0 Å². The van der Waals surface area contributed by atoms with Gasteiger partial charge in [-0.05, 0) is 54.9 Å². The van der Waals surface area contributed by atoms with E-state index in [1.165, 1.54) is 15.8 Å². The Kier molecular flexibility index (Phi) is 4.83. The molecule has 140 valence electrons. The number of anilines is 1. The van der Waals surface area contributed by atoms with Crippen LogP contribution in [-0.4, -0.2) is 15.5 Å². The molecule has 1 N–H and O–H groups in total. The van der Waals surface area contributed by atoms with Gasteiger partial charge in [0.05, 0.1) is 11.7 Å². The summed E-state index contributed by atoms with van der Waals surface area (Å²) in [7, 11) is 0. The Labute approximate surface area is 162 Å². The van der Waals surface area contributed by atoms with Gasteiger partial charge in [0, 0.05) is 10.6 Å². The van der Waals surface area contributed by atoms with Gasteiger partial charge in [0.2, 0.25) is 5.91 Å². The largest absolute Gasteiger partial charge is 0.325 e. The zero-order valence-electron chi connectivity index (χ0n) is 15.6. The fraction of sp³-hybridized carbons (Fsp3) is 0.381. The number of carbonyl (C=O) groups is 1. The van der Waals surface area contributed by atoms with Crippen LogP contribution >= 0.6 is 11.3 Å². The first-order chi connectivity index (χ1) is 13.0. The lowest BCUT2D eigenvalue weighted by atomic mass is 9.89. The van der Waals surface area contributed by atoms with Gasteiger partial charge in [-0.3, -0.25) is 14.2 Å². The van der Waals surface area contributed by atoms with Crippen LogP contribution in [0.3, 0.4) is 0 Å². The summed E-state index contributed by atoms with van der Waals surface area (Å²) in [6.45, 7) is 4.29.